The molecule has 0 radical (unpaired) electrons. The Labute approximate surface area is 116 Å². The third-order valence-electron chi connectivity index (χ3n) is 2.52. The van der Waals surface area contributed by atoms with Gasteiger partial charge in [-0.1, -0.05) is 22.9 Å². The van der Waals surface area contributed by atoms with Gasteiger partial charge in [0.05, 0.1) is 15.9 Å². The molecule has 2 nitrogen and oxygen atoms in total. The second kappa shape index (κ2) is 4.75. The summed E-state index contributed by atoms with van der Waals surface area (Å²) >= 11 is 7.25. The van der Waals surface area contributed by atoms with Crippen LogP contribution in [0.2, 0.25) is 5.02 Å². The van der Waals surface area contributed by atoms with Gasteiger partial charge in [-0.05, 0) is 30.3 Å². The number of halogens is 3. The van der Waals surface area contributed by atoms with E-state index in [9.17, 15) is 8.78 Å². The number of anilines is 2. The van der Waals surface area contributed by atoms with Crippen LogP contribution in [-0.2, 0) is 0 Å². The molecule has 1 heterocycles. The monoisotopic (exact) mass is 296 g/mol. The van der Waals surface area contributed by atoms with Gasteiger partial charge in [0.25, 0.3) is 0 Å². The summed E-state index contributed by atoms with van der Waals surface area (Å²) in [5, 5.41) is 3.96. The normalized spacial score (nSPS) is 10.9. The van der Waals surface area contributed by atoms with Crippen molar-refractivity contribution < 1.29 is 8.78 Å². The van der Waals surface area contributed by atoms with Crippen molar-refractivity contribution in [3.63, 3.8) is 0 Å². The van der Waals surface area contributed by atoms with Crippen molar-refractivity contribution in [2.75, 3.05) is 5.32 Å². The third kappa shape index (κ3) is 2.52. The Hall–Kier alpha value is -1.72. The average Bonchev–Trinajstić information content (AvgIpc) is 2.74. The van der Waals surface area contributed by atoms with Crippen LogP contribution in [0.15, 0.2) is 36.4 Å². The van der Waals surface area contributed by atoms with E-state index in [1.54, 1.807) is 12.1 Å². The molecule has 0 spiro atoms. The maximum absolute atomic E-state index is 13.5. The van der Waals surface area contributed by atoms with Crippen LogP contribution in [0, 0.1) is 11.6 Å². The smallest absolute Gasteiger partial charge is 0.188 e. The molecule has 96 valence electrons. The minimum absolute atomic E-state index is 0.187. The number of nitrogens with zero attached hydrogens (tertiary/aromatic N) is 1. The standard InChI is InChI=1S/C13H7ClF2N2S/c14-7-1-4-12-11(5-7)18-13(19-12)17-10-3-2-8(15)6-9(10)16/h1-6H,(H,17,18). The first-order valence-corrected chi connectivity index (χ1v) is 6.59. The summed E-state index contributed by atoms with van der Waals surface area (Å²) in [6.07, 6.45) is 0. The van der Waals surface area contributed by atoms with E-state index in [1.165, 1.54) is 23.5 Å². The van der Waals surface area contributed by atoms with Crippen LogP contribution in [0.25, 0.3) is 10.2 Å². The highest BCUT2D eigenvalue weighted by Crippen LogP contribution is 2.30. The summed E-state index contributed by atoms with van der Waals surface area (Å²) in [6, 6.07) is 8.71. The Bertz CT molecular complexity index is 757. The minimum atomic E-state index is -0.655. The molecule has 0 bridgehead atoms. The predicted molar refractivity (Wildman–Crippen MR) is 74.3 cm³/mol. The Balaban J connectivity index is 1.96. The molecule has 0 aliphatic heterocycles. The molecule has 3 rings (SSSR count). The largest absolute Gasteiger partial charge is 0.329 e. The summed E-state index contributed by atoms with van der Waals surface area (Å²) in [4.78, 5) is 4.29. The zero-order valence-electron chi connectivity index (χ0n) is 9.45. The van der Waals surface area contributed by atoms with Gasteiger partial charge in [0.1, 0.15) is 11.6 Å². The van der Waals surface area contributed by atoms with Crippen molar-refractivity contribution in [2.24, 2.45) is 0 Å². The molecule has 0 saturated heterocycles. The molecule has 0 atom stereocenters. The number of hydrogen-bond donors (Lipinski definition) is 1. The van der Waals surface area contributed by atoms with Crippen LogP contribution >= 0.6 is 22.9 Å². The van der Waals surface area contributed by atoms with Crippen molar-refractivity contribution in [1.82, 2.24) is 4.98 Å². The number of aromatic nitrogens is 1. The molecule has 2 aromatic carbocycles. The molecule has 6 heteroatoms. The van der Waals surface area contributed by atoms with Crippen molar-refractivity contribution >= 4 is 44.0 Å². The van der Waals surface area contributed by atoms with Crippen LogP contribution in [0.3, 0.4) is 0 Å². The Morgan fingerprint density at radius 3 is 2.74 bits per heavy atom. The van der Waals surface area contributed by atoms with Crippen LogP contribution in [0.1, 0.15) is 0 Å². The van der Waals surface area contributed by atoms with Gasteiger partial charge in [-0.2, -0.15) is 0 Å². The van der Waals surface area contributed by atoms with Gasteiger partial charge in [0.2, 0.25) is 0 Å². The molecule has 1 N–H and O–H groups in total. The van der Waals surface area contributed by atoms with Gasteiger partial charge in [-0.25, -0.2) is 13.8 Å². The highest BCUT2D eigenvalue weighted by atomic mass is 35.5. The molecule has 19 heavy (non-hydrogen) atoms. The summed E-state index contributed by atoms with van der Waals surface area (Å²) < 4.78 is 27.3. The van der Waals surface area contributed by atoms with E-state index in [1.807, 2.05) is 6.07 Å². The molecule has 0 unspecified atom stereocenters. The number of thiazole rings is 1. The summed E-state index contributed by atoms with van der Waals surface area (Å²) in [7, 11) is 0. The molecule has 0 aliphatic rings. The Kier molecular flexibility index (Phi) is 3.08. The average molecular weight is 297 g/mol. The maximum atomic E-state index is 13.5. The topological polar surface area (TPSA) is 24.9 Å². The van der Waals surface area contributed by atoms with Crippen LogP contribution in [0.4, 0.5) is 19.6 Å². The predicted octanol–water partition coefficient (Wildman–Crippen LogP) is 4.97. The number of benzene rings is 2. The number of hydrogen-bond acceptors (Lipinski definition) is 3. The molecule has 0 fully saturated rings. The Morgan fingerprint density at radius 2 is 1.95 bits per heavy atom. The molecular weight excluding hydrogens is 290 g/mol. The third-order valence-corrected chi connectivity index (χ3v) is 3.71. The van der Waals surface area contributed by atoms with E-state index in [0.29, 0.717) is 10.2 Å². The van der Waals surface area contributed by atoms with E-state index in [-0.39, 0.29) is 5.69 Å². The van der Waals surface area contributed by atoms with Crippen LogP contribution < -0.4 is 5.32 Å². The lowest BCUT2D eigenvalue weighted by Crippen LogP contribution is -1.93. The zero-order valence-corrected chi connectivity index (χ0v) is 11.0. The lowest BCUT2D eigenvalue weighted by atomic mass is 10.3. The summed E-state index contributed by atoms with van der Waals surface area (Å²) in [5.41, 5.74) is 0.925. The van der Waals surface area contributed by atoms with Crippen molar-refractivity contribution in [2.45, 2.75) is 0 Å². The highest BCUT2D eigenvalue weighted by Gasteiger charge is 2.08. The van der Waals surface area contributed by atoms with E-state index < -0.39 is 11.6 Å². The molecular formula is C13H7ClF2N2S. The molecule has 3 aromatic rings. The van der Waals surface area contributed by atoms with Gasteiger partial charge in [0, 0.05) is 11.1 Å². The molecule has 0 aliphatic carbocycles. The van der Waals surface area contributed by atoms with Crippen molar-refractivity contribution in [3.8, 4) is 0 Å². The number of fused-ring (bicyclic) bond motifs is 1. The quantitative estimate of drug-likeness (QED) is 0.722. The van der Waals surface area contributed by atoms with Gasteiger partial charge in [-0.3, -0.25) is 0 Å². The first-order chi connectivity index (χ1) is 9.11. The maximum Gasteiger partial charge on any atom is 0.188 e. The van der Waals surface area contributed by atoms with Crippen molar-refractivity contribution in [1.29, 1.82) is 0 Å². The second-order valence-corrected chi connectivity index (χ2v) is 5.35. The van der Waals surface area contributed by atoms with Gasteiger partial charge in [0.15, 0.2) is 5.13 Å². The van der Waals surface area contributed by atoms with Gasteiger partial charge in [-0.15, -0.1) is 0 Å². The fraction of sp³-hybridized carbons (Fsp3) is 0. The van der Waals surface area contributed by atoms with Gasteiger partial charge >= 0.3 is 0 Å². The molecule has 1 aromatic heterocycles. The zero-order chi connectivity index (χ0) is 13.4. The minimum Gasteiger partial charge on any atom is -0.329 e. The van der Waals surface area contributed by atoms with E-state index in [2.05, 4.69) is 10.3 Å². The number of rotatable bonds is 2. The van der Waals surface area contributed by atoms with E-state index >= 15 is 0 Å². The fourth-order valence-electron chi connectivity index (χ4n) is 1.66. The Morgan fingerprint density at radius 1 is 1.11 bits per heavy atom. The highest BCUT2D eigenvalue weighted by molar-refractivity contribution is 7.22. The molecule has 0 amide bonds. The van der Waals surface area contributed by atoms with Crippen molar-refractivity contribution in [3.05, 3.63) is 53.1 Å². The number of nitrogens with one attached hydrogen (secondary N) is 1. The van der Waals surface area contributed by atoms with Crippen LogP contribution in [-0.4, -0.2) is 4.98 Å². The molecule has 0 saturated carbocycles. The lowest BCUT2D eigenvalue weighted by molar-refractivity contribution is 0.586. The SMILES string of the molecule is Fc1ccc(Nc2nc3cc(Cl)ccc3s2)c(F)c1. The van der Waals surface area contributed by atoms with Gasteiger partial charge < -0.3 is 5.32 Å². The van der Waals surface area contributed by atoms with Crippen LogP contribution in [0.5, 0.6) is 0 Å². The van der Waals surface area contributed by atoms with E-state index in [0.717, 1.165) is 16.3 Å². The first kappa shape index (κ1) is 12.3. The summed E-state index contributed by atoms with van der Waals surface area (Å²) in [6.45, 7) is 0. The summed E-state index contributed by atoms with van der Waals surface area (Å²) in [5.74, 6) is -1.27. The van der Waals surface area contributed by atoms with E-state index in [4.69, 9.17) is 11.6 Å². The lowest BCUT2D eigenvalue weighted by Gasteiger charge is -2.03. The second-order valence-electron chi connectivity index (χ2n) is 3.88. The fourth-order valence-corrected chi connectivity index (χ4v) is 2.68. The first-order valence-electron chi connectivity index (χ1n) is 5.40.